The monoisotopic (exact) mass is 487 g/mol. The third-order valence-electron chi connectivity index (χ3n) is 6.81. The highest BCUT2D eigenvalue weighted by Crippen LogP contribution is 2.39. The number of hydrogen-bond donors (Lipinski definition) is 2. The summed E-state index contributed by atoms with van der Waals surface area (Å²) >= 11 is 0. The molecule has 1 aliphatic rings. The summed E-state index contributed by atoms with van der Waals surface area (Å²) in [7, 11) is 0. The molecule has 0 aliphatic heterocycles. The van der Waals surface area contributed by atoms with Crippen molar-refractivity contribution in [1.82, 2.24) is 4.98 Å². The Morgan fingerprint density at radius 3 is 2.28 bits per heavy atom. The maximum Gasteiger partial charge on any atom is 0.339 e. The fraction of sp³-hybridized carbons (Fsp3) is 0.379. The maximum atomic E-state index is 13.5. The number of aryl methyl sites for hydroxylation is 1. The first-order chi connectivity index (χ1) is 17.0. The zero-order valence-electron chi connectivity index (χ0n) is 21.5. The summed E-state index contributed by atoms with van der Waals surface area (Å²) in [5.74, 6) is -0.703. The molecule has 0 saturated carbocycles. The quantitative estimate of drug-likeness (QED) is 0.461. The topological polar surface area (TPSA) is 97.4 Å². The number of anilines is 2. The van der Waals surface area contributed by atoms with Crippen LogP contribution in [0.1, 0.15) is 62.7 Å². The van der Waals surface area contributed by atoms with Gasteiger partial charge in [-0.2, -0.15) is 0 Å². The highest BCUT2D eigenvalue weighted by Gasteiger charge is 2.33. The van der Waals surface area contributed by atoms with Crippen LogP contribution in [0.3, 0.4) is 0 Å². The Kier molecular flexibility index (Phi) is 7.11. The number of aromatic nitrogens is 1. The molecule has 1 aliphatic carbocycles. The van der Waals surface area contributed by atoms with E-state index < -0.39 is 18.0 Å². The highest BCUT2D eigenvalue weighted by molar-refractivity contribution is 6.06. The number of benzene rings is 2. The minimum atomic E-state index is -1.00. The van der Waals surface area contributed by atoms with E-state index in [9.17, 15) is 14.4 Å². The van der Waals surface area contributed by atoms with Gasteiger partial charge in [0.25, 0.3) is 5.91 Å². The van der Waals surface area contributed by atoms with E-state index >= 15 is 0 Å². The van der Waals surface area contributed by atoms with Crippen LogP contribution < -0.4 is 10.6 Å². The minimum absolute atomic E-state index is 0.104. The largest absolute Gasteiger partial charge is 0.449 e. The molecular formula is C29H33N3O4. The third-order valence-corrected chi connectivity index (χ3v) is 6.81. The Labute approximate surface area is 211 Å². The average molecular weight is 488 g/mol. The SMILES string of the molecule is CC(=O)Nc1ccc(NC(=O)C(C)OC(=O)c2c3c(nc4ccccc24)CCC(C(C)(C)C)C3)cc1. The first-order valence-electron chi connectivity index (χ1n) is 12.3. The molecule has 0 saturated heterocycles. The Morgan fingerprint density at radius 1 is 1.00 bits per heavy atom. The second kappa shape index (κ2) is 10.1. The molecule has 7 heteroatoms. The van der Waals surface area contributed by atoms with Gasteiger partial charge < -0.3 is 15.4 Å². The van der Waals surface area contributed by atoms with E-state index in [-0.39, 0.29) is 11.3 Å². The summed E-state index contributed by atoms with van der Waals surface area (Å²) in [5.41, 5.74) is 4.42. The first kappa shape index (κ1) is 25.4. The van der Waals surface area contributed by atoms with Gasteiger partial charge in [0.1, 0.15) is 0 Å². The zero-order valence-corrected chi connectivity index (χ0v) is 21.5. The second-order valence-electron chi connectivity index (χ2n) is 10.5. The van der Waals surface area contributed by atoms with Crippen LogP contribution in [0.25, 0.3) is 10.9 Å². The van der Waals surface area contributed by atoms with Crippen LogP contribution in [0.2, 0.25) is 0 Å². The molecule has 1 heterocycles. The number of pyridine rings is 1. The number of fused-ring (bicyclic) bond motifs is 2. The van der Waals surface area contributed by atoms with Crippen molar-refractivity contribution in [1.29, 1.82) is 0 Å². The predicted octanol–water partition coefficient (Wildman–Crippen LogP) is 5.53. The normalized spacial score (nSPS) is 16.1. The molecule has 4 rings (SSSR count). The second-order valence-corrected chi connectivity index (χ2v) is 10.5. The fourth-order valence-corrected chi connectivity index (χ4v) is 4.72. The molecule has 2 aromatic carbocycles. The molecule has 2 N–H and O–H groups in total. The summed E-state index contributed by atoms with van der Waals surface area (Å²) in [4.78, 5) is 42.4. The van der Waals surface area contributed by atoms with Crippen molar-refractivity contribution in [2.45, 2.75) is 60.0 Å². The van der Waals surface area contributed by atoms with Crippen molar-refractivity contribution >= 4 is 40.1 Å². The summed E-state index contributed by atoms with van der Waals surface area (Å²) in [5, 5.41) is 6.19. The molecule has 7 nitrogen and oxygen atoms in total. The van der Waals surface area contributed by atoms with E-state index in [0.717, 1.165) is 41.4 Å². The van der Waals surface area contributed by atoms with Crippen LogP contribution in [0, 0.1) is 11.3 Å². The summed E-state index contributed by atoms with van der Waals surface area (Å²) in [6, 6.07) is 14.3. The lowest BCUT2D eigenvalue weighted by Gasteiger charge is -2.35. The van der Waals surface area contributed by atoms with Gasteiger partial charge in [0.05, 0.1) is 11.1 Å². The van der Waals surface area contributed by atoms with Crippen LogP contribution in [0.15, 0.2) is 48.5 Å². The molecule has 0 bridgehead atoms. The number of carbonyl (C=O) groups is 3. The van der Waals surface area contributed by atoms with Crippen LogP contribution in [0.4, 0.5) is 11.4 Å². The summed E-state index contributed by atoms with van der Waals surface area (Å²) < 4.78 is 5.71. The smallest absolute Gasteiger partial charge is 0.339 e. The number of ether oxygens (including phenoxy) is 1. The molecule has 3 aromatic rings. The molecule has 1 aromatic heterocycles. The predicted molar refractivity (Wildman–Crippen MR) is 141 cm³/mol. The van der Waals surface area contributed by atoms with Gasteiger partial charge in [0, 0.05) is 29.4 Å². The molecule has 2 unspecified atom stereocenters. The summed E-state index contributed by atoms with van der Waals surface area (Å²) in [6.07, 6.45) is 1.59. The van der Waals surface area contributed by atoms with Crippen LogP contribution >= 0.6 is 0 Å². The Bertz CT molecular complexity index is 1310. The lowest BCUT2D eigenvalue weighted by molar-refractivity contribution is -0.123. The number of rotatable bonds is 5. The van der Waals surface area contributed by atoms with E-state index in [1.54, 1.807) is 31.2 Å². The highest BCUT2D eigenvalue weighted by atomic mass is 16.5. The van der Waals surface area contributed by atoms with E-state index in [0.29, 0.717) is 22.9 Å². The lowest BCUT2D eigenvalue weighted by Crippen LogP contribution is -2.32. The van der Waals surface area contributed by atoms with Crippen molar-refractivity contribution in [2.24, 2.45) is 11.3 Å². The number of amides is 2. The minimum Gasteiger partial charge on any atom is -0.449 e. The van der Waals surface area contributed by atoms with E-state index in [1.807, 2.05) is 24.3 Å². The molecule has 188 valence electrons. The van der Waals surface area contributed by atoms with Gasteiger partial charge in [-0.1, -0.05) is 39.0 Å². The zero-order chi connectivity index (χ0) is 26.0. The van der Waals surface area contributed by atoms with E-state index in [4.69, 9.17) is 9.72 Å². The van der Waals surface area contributed by atoms with Gasteiger partial charge >= 0.3 is 5.97 Å². The molecule has 2 amide bonds. The van der Waals surface area contributed by atoms with Gasteiger partial charge in [0.2, 0.25) is 5.91 Å². The van der Waals surface area contributed by atoms with Gasteiger partial charge in [-0.15, -0.1) is 0 Å². The van der Waals surface area contributed by atoms with Gasteiger partial charge in [-0.3, -0.25) is 14.6 Å². The fourth-order valence-electron chi connectivity index (χ4n) is 4.72. The van der Waals surface area contributed by atoms with Gasteiger partial charge in [0.15, 0.2) is 6.10 Å². The molecular weight excluding hydrogens is 454 g/mol. The number of nitrogens with zero attached hydrogens (tertiary/aromatic N) is 1. The van der Waals surface area contributed by atoms with Gasteiger partial charge in [-0.25, -0.2) is 4.79 Å². The molecule has 0 fully saturated rings. The third kappa shape index (κ3) is 5.56. The van der Waals surface area contributed by atoms with Crippen LogP contribution in [-0.4, -0.2) is 28.9 Å². The van der Waals surface area contributed by atoms with Crippen molar-refractivity contribution in [3.05, 3.63) is 65.4 Å². The van der Waals surface area contributed by atoms with E-state index in [2.05, 4.69) is 31.4 Å². The number of carbonyl (C=O) groups excluding carboxylic acids is 3. The van der Waals surface area contributed by atoms with Crippen molar-refractivity contribution in [3.8, 4) is 0 Å². The Balaban J connectivity index is 1.56. The molecule has 0 radical (unpaired) electrons. The number of hydrogen-bond acceptors (Lipinski definition) is 5. The standard InChI is InChI=1S/C29H33N3O4/c1-17(27(34)31-21-13-11-20(12-14-21)30-18(2)33)36-28(35)26-22-8-6-7-9-24(22)32-25-15-10-19(16-23(25)26)29(3,4)5/h6-9,11-14,17,19H,10,15-16H2,1-5H3,(H,30,33)(H,31,34). The number of esters is 1. The first-order valence-corrected chi connectivity index (χ1v) is 12.3. The maximum absolute atomic E-state index is 13.5. The molecule has 0 spiro atoms. The number of para-hydroxylation sites is 1. The summed E-state index contributed by atoms with van der Waals surface area (Å²) in [6.45, 7) is 9.67. The Hall–Kier alpha value is -3.74. The lowest BCUT2D eigenvalue weighted by atomic mass is 9.70. The van der Waals surface area contributed by atoms with Crippen LogP contribution in [0.5, 0.6) is 0 Å². The van der Waals surface area contributed by atoms with Crippen molar-refractivity contribution in [2.75, 3.05) is 10.6 Å². The average Bonchev–Trinajstić information content (AvgIpc) is 2.82. The molecule has 2 atom stereocenters. The van der Waals surface area contributed by atoms with Gasteiger partial charge in [-0.05, 0) is 73.4 Å². The van der Waals surface area contributed by atoms with E-state index in [1.165, 1.54) is 6.92 Å². The molecule has 36 heavy (non-hydrogen) atoms. The van der Waals surface area contributed by atoms with Crippen molar-refractivity contribution < 1.29 is 19.1 Å². The van der Waals surface area contributed by atoms with Crippen LogP contribution in [-0.2, 0) is 27.2 Å². The number of nitrogens with one attached hydrogen (secondary N) is 2. The van der Waals surface area contributed by atoms with Crippen molar-refractivity contribution in [3.63, 3.8) is 0 Å². The Morgan fingerprint density at radius 2 is 1.64 bits per heavy atom.